The van der Waals surface area contributed by atoms with E-state index in [-0.39, 0.29) is 48.0 Å². The van der Waals surface area contributed by atoms with E-state index < -0.39 is 27.7 Å². The minimum atomic E-state index is -4.29. The zero-order chi connectivity index (χ0) is 34.4. The van der Waals surface area contributed by atoms with Crippen LogP contribution in [0.1, 0.15) is 61.4 Å². The molecule has 0 aliphatic rings. The number of aromatic carboxylic acids is 1. The molecule has 0 saturated heterocycles. The van der Waals surface area contributed by atoms with E-state index in [0.717, 1.165) is 22.8 Å². The second-order valence-corrected chi connectivity index (χ2v) is 13.6. The van der Waals surface area contributed by atoms with E-state index in [0.29, 0.717) is 17.3 Å². The Kier molecular flexibility index (Phi) is 11.1. The van der Waals surface area contributed by atoms with Gasteiger partial charge in [0.15, 0.2) is 5.75 Å². The van der Waals surface area contributed by atoms with Crippen molar-refractivity contribution in [1.29, 1.82) is 0 Å². The number of sulfonamides is 1. The average molecular weight is 667 g/mol. The van der Waals surface area contributed by atoms with Crippen molar-refractivity contribution in [2.24, 2.45) is 0 Å². The molecule has 2 heterocycles. The Labute approximate surface area is 273 Å². The number of hydrogen-bond acceptors (Lipinski definition) is 10. The van der Waals surface area contributed by atoms with Gasteiger partial charge in [-0.1, -0.05) is 24.3 Å². The number of anilines is 1. The van der Waals surface area contributed by atoms with E-state index in [2.05, 4.69) is 30.0 Å². The third-order valence-corrected chi connectivity index (χ3v) is 8.15. The van der Waals surface area contributed by atoms with Crippen molar-refractivity contribution in [1.82, 2.24) is 25.3 Å². The average Bonchev–Trinajstić information content (AvgIpc) is 2.98. The molecule has 0 spiro atoms. The molecule has 2 aromatic carbocycles. The number of hydrogen-bond donors (Lipinski definition) is 3. The number of benzene rings is 2. The number of aryl methyl sites for hydroxylation is 2. The molecule has 1 atom stereocenters. The molecule has 4 aromatic rings. The molecule has 0 fully saturated rings. The van der Waals surface area contributed by atoms with E-state index in [4.69, 9.17) is 9.47 Å². The summed E-state index contributed by atoms with van der Waals surface area (Å²) < 4.78 is 55.4. The molecular formula is C33H39FN6O6S. The van der Waals surface area contributed by atoms with Crippen molar-refractivity contribution in [3.05, 3.63) is 83.4 Å². The second-order valence-electron chi connectivity index (χ2n) is 11.9. The van der Waals surface area contributed by atoms with Crippen molar-refractivity contribution in [3.8, 4) is 22.9 Å². The van der Waals surface area contributed by atoms with Crippen LogP contribution in [0.3, 0.4) is 0 Å². The van der Waals surface area contributed by atoms with Crippen LogP contribution in [0.25, 0.3) is 11.3 Å². The summed E-state index contributed by atoms with van der Waals surface area (Å²) in [5.74, 6) is -0.490. The first-order valence-corrected chi connectivity index (χ1v) is 16.4. The van der Waals surface area contributed by atoms with Crippen molar-refractivity contribution >= 4 is 21.9 Å². The van der Waals surface area contributed by atoms with E-state index in [1.165, 1.54) is 32.0 Å². The molecule has 47 heavy (non-hydrogen) atoms. The summed E-state index contributed by atoms with van der Waals surface area (Å²) in [6, 6.07) is 11.7. The Bertz CT molecular complexity index is 1790. The van der Waals surface area contributed by atoms with Crippen molar-refractivity contribution in [3.63, 3.8) is 0 Å². The molecule has 0 aliphatic heterocycles. The number of carboxylic acid groups (broad SMARTS) is 1. The maximum absolute atomic E-state index is 14.8. The first-order chi connectivity index (χ1) is 22.1. The third-order valence-electron chi connectivity index (χ3n) is 6.82. The highest BCUT2D eigenvalue weighted by molar-refractivity contribution is 7.92. The second kappa shape index (κ2) is 14.8. The number of nitrogens with one attached hydrogen (secondary N) is 2. The quantitative estimate of drug-likeness (QED) is 0.146. The molecule has 2 aromatic heterocycles. The summed E-state index contributed by atoms with van der Waals surface area (Å²) in [7, 11) is -4.29. The molecule has 0 amide bonds. The van der Waals surface area contributed by atoms with Gasteiger partial charge in [0.05, 0.1) is 41.2 Å². The fraction of sp³-hybridized carbons (Fsp3) is 0.364. The highest BCUT2D eigenvalue weighted by atomic mass is 32.2. The molecule has 3 N–H and O–H groups in total. The Morgan fingerprint density at radius 1 is 1.02 bits per heavy atom. The number of alkyl halides is 1. The van der Waals surface area contributed by atoms with Gasteiger partial charge in [-0.25, -0.2) is 37.3 Å². The maximum atomic E-state index is 14.8. The molecule has 0 saturated carbocycles. The van der Waals surface area contributed by atoms with Gasteiger partial charge in [-0.05, 0) is 77.3 Å². The molecule has 12 nitrogen and oxygen atoms in total. The minimum Gasteiger partial charge on any atom is -0.488 e. The SMILES string of the molecule is Cc1cccc(C)c1-c1cc(OC[C@@H](CC(C)(C)F)NCc2ncc(OC(C)C)cn2)nc(NS(=O)(=O)c2cccc(C(=O)O)c2)n1. The zero-order valence-electron chi connectivity index (χ0n) is 27.1. The van der Waals surface area contributed by atoms with Crippen molar-refractivity contribution in [2.75, 3.05) is 11.3 Å². The van der Waals surface area contributed by atoms with E-state index >= 15 is 0 Å². The predicted octanol–water partition coefficient (Wildman–Crippen LogP) is 5.51. The molecule has 0 aliphatic carbocycles. The lowest BCUT2D eigenvalue weighted by atomic mass is 10.00. The van der Waals surface area contributed by atoms with Crippen molar-refractivity contribution < 1.29 is 32.2 Å². The third kappa shape index (κ3) is 10.1. The molecule has 14 heteroatoms. The highest BCUT2D eigenvalue weighted by Gasteiger charge is 2.25. The fourth-order valence-corrected chi connectivity index (χ4v) is 5.82. The number of halogens is 1. The van der Waals surface area contributed by atoms with E-state index in [9.17, 15) is 22.7 Å². The number of aromatic nitrogens is 4. The van der Waals surface area contributed by atoms with Crippen LogP contribution >= 0.6 is 0 Å². The number of nitrogens with zero attached hydrogens (tertiary/aromatic N) is 4. The minimum absolute atomic E-state index is 0.0214. The number of carboxylic acids is 1. The summed E-state index contributed by atoms with van der Waals surface area (Å²) in [6.07, 6.45) is 3.21. The monoisotopic (exact) mass is 666 g/mol. The molecule has 0 radical (unpaired) electrons. The Balaban J connectivity index is 1.62. The van der Waals surface area contributed by atoms with Gasteiger partial charge in [-0.2, -0.15) is 4.98 Å². The fourth-order valence-electron chi connectivity index (χ4n) is 4.83. The van der Waals surface area contributed by atoms with Crippen LogP contribution in [-0.4, -0.2) is 63.9 Å². The summed E-state index contributed by atoms with van der Waals surface area (Å²) in [6.45, 7) is 10.7. The normalized spacial score (nSPS) is 12.5. The van der Waals surface area contributed by atoms with Crippen LogP contribution in [-0.2, 0) is 16.6 Å². The number of ether oxygens (including phenoxy) is 2. The topological polar surface area (TPSA) is 166 Å². The van der Waals surface area contributed by atoms with Crippen LogP contribution in [0, 0.1) is 13.8 Å². The van der Waals surface area contributed by atoms with Crippen LogP contribution < -0.4 is 19.5 Å². The molecule has 250 valence electrons. The van der Waals surface area contributed by atoms with Gasteiger partial charge in [0, 0.05) is 17.7 Å². The molecular weight excluding hydrogens is 627 g/mol. The number of rotatable bonds is 15. The summed E-state index contributed by atoms with van der Waals surface area (Å²) in [4.78, 5) is 28.6. The van der Waals surface area contributed by atoms with Gasteiger partial charge in [-0.3, -0.25) is 0 Å². The predicted molar refractivity (Wildman–Crippen MR) is 175 cm³/mol. The summed E-state index contributed by atoms with van der Waals surface area (Å²) in [5, 5.41) is 12.6. The Hall–Kier alpha value is -4.69. The summed E-state index contributed by atoms with van der Waals surface area (Å²) in [5.41, 5.74) is 1.20. The van der Waals surface area contributed by atoms with Crippen LogP contribution in [0.4, 0.5) is 10.3 Å². The Morgan fingerprint density at radius 2 is 1.68 bits per heavy atom. The van der Waals surface area contributed by atoms with Gasteiger partial charge < -0.3 is 19.9 Å². The van der Waals surface area contributed by atoms with Gasteiger partial charge in [0.25, 0.3) is 10.0 Å². The first-order valence-electron chi connectivity index (χ1n) is 14.9. The molecule has 4 rings (SSSR count). The smallest absolute Gasteiger partial charge is 0.335 e. The van der Waals surface area contributed by atoms with Gasteiger partial charge in [-0.15, -0.1) is 0 Å². The molecule has 0 unspecified atom stereocenters. The lowest BCUT2D eigenvalue weighted by Gasteiger charge is -2.24. The van der Waals surface area contributed by atoms with E-state index in [1.807, 2.05) is 45.9 Å². The first kappa shape index (κ1) is 35.2. The van der Waals surface area contributed by atoms with Crippen molar-refractivity contribution in [2.45, 2.75) is 77.2 Å². The standard InChI is InChI=1S/C33H39FN6O6S/c1-20(2)46-25-16-36-28(37-17-25)18-35-24(15-33(5,6)34)19-45-29-14-27(30-21(3)9-7-10-22(30)4)38-32(39-29)40-47(43,44)26-12-8-11-23(13-26)31(41)42/h7-14,16-17,20,24,35H,15,18-19H2,1-6H3,(H,41,42)(H,38,39,40)/t24-/m1/s1. The van der Waals surface area contributed by atoms with E-state index in [1.54, 1.807) is 18.5 Å². The van der Waals surface area contributed by atoms with Gasteiger partial charge in [0.2, 0.25) is 11.8 Å². The molecule has 0 bridgehead atoms. The van der Waals surface area contributed by atoms with Crippen LogP contribution in [0.5, 0.6) is 11.6 Å². The zero-order valence-corrected chi connectivity index (χ0v) is 27.9. The number of carbonyl (C=O) groups is 1. The van der Waals surface area contributed by atoms with Crippen LogP contribution in [0.15, 0.2) is 65.8 Å². The lowest BCUT2D eigenvalue weighted by molar-refractivity contribution is 0.0696. The maximum Gasteiger partial charge on any atom is 0.335 e. The summed E-state index contributed by atoms with van der Waals surface area (Å²) >= 11 is 0. The highest BCUT2D eigenvalue weighted by Crippen LogP contribution is 2.30. The Morgan fingerprint density at radius 3 is 2.30 bits per heavy atom. The lowest BCUT2D eigenvalue weighted by Crippen LogP contribution is -2.39. The van der Waals surface area contributed by atoms with Crippen LogP contribution in [0.2, 0.25) is 0 Å². The van der Waals surface area contributed by atoms with Gasteiger partial charge >= 0.3 is 5.97 Å². The van der Waals surface area contributed by atoms with Gasteiger partial charge in [0.1, 0.15) is 18.1 Å². The largest absolute Gasteiger partial charge is 0.488 e.